The number of likely N-dealkylation sites (N-methyl/N-ethyl adjacent to an activating group) is 1. The van der Waals surface area contributed by atoms with Crippen LogP contribution in [0.25, 0.3) is 0 Å². The van der Waals surface area contributed by atoms with Gasteiger partial charge in [-0.15, -0.1) is 0 Å². The third-order valence-corrected chi connectivity index (χ3v) is 9.84. The molecule has 0 aromatic heterocycles. The number of carbonyl (C=O) groups is 3. The number of unbranched alkanes of at least 4 members (excludes halogenated alkanes) is 16. The Labute approximate surface area is 312 Å². The topological polar surface area (TPSA) is 134 Å². The second-order valence-electron chi connectivity index (χ2n) is 15.2. The molecule has 0 bridgehead atoms. The maximum absolute atomic E-state index is 13.1. The van der Waals surface area contributed by atoms with Crippen LogP contribution in [0.3, 0.4) is 0 Å². The molecule has 10 nitrogen and oxygen atoms in total. The first-order valence-corrected chi connectivity index (χ1v) is 20.8. The normalized spacial score (nSPS) is 16.6. The number of nitrogens with one attached hydrogen (secondary N) is 1. The van der Waals surface area contributed by atoms with E-state index in [-0.39, 0.29) is 36.5 Å². The van der Waals surface area contributed by atoms with Crippen LogP contribution in [-0.4, -0.2) is 91.3 Å². The molecule has 0 aromatic rings. The van der Waals surface area contributed by atoms with Gasteiger partial charge in [0.15, 0.2) is 0 Å². The summed E-state index contributed by atoms with van der Waals surface area (Å²) < 4.78 is 11.7. The number of rotatable bonds is 34. The zero-order chi connectivity index (χ0) is 37.5. The summed E-state index contributed by atoms with van der Waals surface area (Å²) in [6.07, 6.45) is 27.2. The van der Waals surface area contributed by atoms with Crippen molar-refractivity contribution in [2.24, 2.45) is 5.73 Å². The first-order valence-electron chi connectivity index (χ1n) is 20.8. The Morgan fingerprint density at radius 3 is 1.96 bits per heavy atom. The Kier molecular flexibility index (Phi) is 28.6. The van der Waals surface area contributed by atoms with Crippen LogP contribution < -0.4 is 11.1 Å². The van der Waals surface area contributed by atoms with E-state index in [0.717, 1.165) is 82.9 Å². The van der Waals surface area contributed by atoms with Crippen LogP contribution in [0.4, 0.5) is 0 Å². The third-order valence-electron chi connectivity index (χ3n) is 9.84. The number of carboxylic acid groups (broad SMARTS) is 1. The quantitative estimate of drug-likeness (QED) is 0.0440. The van der Waals surface area contributed by atoms with Crippen molar-refractivity contribution in [1.29, 1.82) is 0 Å². The second-order valence-corrected chi connectivity index (χ2v) is 15.2. The minimum Gasteiger partial charge on any atom is -0.481 e. The molecule has 1 aliphatic rings. The van der Waals surface area contributed by atoms with Crippen molar-refractivity contribution in [2.75, 3.05) is 40.3 Å². The van der Waals surface area contributed by atoms with Crippen LogP contribution in [0.2, 0.25) is 0 Å². The van der Waals surface area contributed by atoms with E-state index in [1.807, 2.05) is 25.2 Å². The van der Waals surface area contributed by atoms with Gasteiger partial charge in [0.05, 0.1) is 6.61 Å². The maximum Gasteiger partial charge on any atom is 0.323 e. The summed E-state index contributed by atoms with van der Waals surface area (Å²) in [6, 6.07) is -0.224. The highest BCUT2D eigenvalue weighted by molar-refractivity contribution is 5.76. The summed E-state index contributed by atoms with van der Waals surface area (Å²) in [5.74, 6) is -1.00. The molecular weight excluding hydrogens is 644 g/mol. The molecule has 2 atom stereocenters. The fourth-order valence-electron chi connectivity index (χ4n) is 6.90. The van der Waals surface area contributed by atoms with E-state index in [0.29, 0.717) is 39.0 Å². The van der Waals surface area contributed by atoms with Gasteiger partial charge in [0.25, 0.3) is 0 Å². The number of esters is 2. The summed E-state index contributed by atoms with van der Waals surface area (Å²) >= 11 is 0. The minimum atomic E-state index is -0.771. The average molecular weight is 723 g/mol. The lowest BCUT2D eigenvalue weighted by atomic mass is 10.0. The van der Waals surface area contributed by atoms with Gasteiger partial charge in [-0.25, -0.2) is 0 Å². The lowest BCUT2D eigenvalue weighted by Gasteiger charge is -2.22. The molecule has 1 unspecified atom stereocenters. The number of likely N-dealkylation sites (tertiary alicyclic amines) is 1. The molecular formula is C41H78N4O6. The van der Waals surface area contributed by atoms with Crippen LogP contribution in [-0.2, 0) is 23.9 Å². The van der Waals surface area contributed by atoms with Crippen LogP contribution in [0.5, 0.6) is 0 Å². The zero-order valence-electron chi connectivity index (χ0n) is 33.3. The van der Waals surface area contributed by atoms with Gasteiger partial charge < -0.3 is 30.5 Å². The van der Waals surface area contributed by atoms with E-state index in [1.165, 1.54) is 64.2 Å². The first kappa shape index (κ1) is 46.7. The van der Waals surface area contributed by atoms with E-state index in [2.05, 4.69) is 24.1 Å². The summed E-state index contributed by atoms with van der Waals surface area (Å²) in [6.45, 7) is 6.99. The smallest absolute Gasteiger partial charge is 0.323 e. The Hall–Kier alpha value is -2.33. The predicted molar refractivity (Wildman–Crippen MR) is 208 cm³/mol. The maximum atomic E-state index is 13.1. The van der Waals surface area contributed by atoms with Crippen LogP contribution in [0.1, 0.15) is 174 Å². The van der Waals surface area contributed by atoms with E-state index in [4.69, 9.17) is 20.3 Å². The highest BCUT2D eigenvalue weighted by Crippen LogP contribution is 2.22. The Morgan fingerprint density at radius 1 is 0.804 bits per heavy atom. The molecule has 1 rings (SSSR count). The number of hydrogen-bond acceptors (Lipinski definition) is 9. The SMILES string of the molecule is CCCCCCCCC(CCCCCCCC)OC(=O)CCCCCCCOC(=O)C1C[C@@H](N/C=C(\N)CN(C)C)CN1CCCCCC(=O)O. The highest BCUT2D eigenvalue weighted by atomic mass is 16.5. The van der Waals surface area contributed by atoms with Crippen molar-refractivity contribution in [3.63, 3.8) is 0 Å². The lowest BCUT2D eigenvalue weighted by molar-refractivity contribution is -0.150. The van der Waals surface area contributed by atoms with E-state index < -0.39 is 5.97 Å². The van der Waals surface area contributed by atoms with Gasteiger partial charge in [0.1, 0.15) is 12.1 Å². The van der Waals surface area contributed by atoms with Crippen molar-refractivity contribution in [2.45, 2.75) is 193 Å². The van der Waals surface area contributed by atoms with Crippen molar-refractivity contribution in [3.8, 4) is 0 Å². The fourth-order valence-corrected chi connectivity index (χ4v) is 6.90. The van der Waals surface area contributed by atoms with Crippen molar-refractivity contribution < 1.29 is 29.0 Å². The highest BCUT2D eigenvalue weighted by Gasteiger charge is 2.37. The van der Waals surface area contributed by atoms with Gasteiger partial charge in [0, 0.05) is 43.9 Å². The van der Waals surface area contributed by atoms with Gasteiger partial charge >= 0.3 is 17.9 Å². The van der Waals surface area contributed by atoms with Gasteiger partial charge in [-0.2, -0.15) is 0 Å². The molecule has 51 heavy (non-hydrogen) atoms. The molecule has 298 valence electrons. The Bertz CT molecular complexity index is 914. The largest absolute Gasteiger partial charge is 0.481 e. The standard InChI is InChI=1S/C41H78N4O6/c1-5-7-9-11-14-19-25-37(26-20-15-12-10-8-6-2)51-40(48)28-22-16-13-17-24-30-50-41(49)38-31-36(43-32-35(42)33-44(3)4)34-45(38)29-23-18-21-27-39(46)47/h32,36-38,43H,5-31,33-34,42H2,1-4H3,(H,46,47)/b35-32-/t36-,38?/m1/s1. The molecule has 0 aliphatic carbocycles. The molecule has 1 heterocycles. The van der Waals surface area contributed by atoms with Crippen LogP contribution in [0, 0.1) is 0 Å². The Balaban J connectivity index is 2.38. The minimum absolute atomic E-state index is 0.0439. The zero-order valence-corrected chi connectivity index (χ0v) is 33.3. The van der Waals surface area contributed by atoms with E-state index in [9.17, 15) is 14.4 Å². The van der Waals surface area contributed by atoms with Gasteiger partial charge in [-0.05, 0) is 78.4 Å². The Morgan fingerprint density at radius 2 is 1.35 bits per heavy atom. The molecule has 1 aliphatic heterocycles. The van der Waals surface area contributed by atoms with E-state index >= 15 is 0 Å². The summed E-state index contributed by atoms with van der Waals surface area (Å²) in [5, 5.41) is 12.3. The van der Waals surface area contributed by atoms with Crippen LogP contribution >= 0.6 is 0 Å². The first-order chi connectivity index (χ1) is 24.7. The van der Waals surface area contributed by atoms with Crippen molar-refractivity contribution >= 4 is 17.9 Å². The number of carboxylic acids is 1. The van der Waals surface area contributed by atoms with Crippen molar-refractivity contribution in [1.82, 2.24) is 15.1 Å². The second kappa shape index (κ2) is 31.2. The van der Waals surface area contributed by atoms with Gasteiger partial charge in [0.2, 0.25) is 0 Å². The summed E-state index contributed by atoms with van der Waals surface area (Å²) in [5.41, 5.74) is 6.86. The molecule has 0 spiro atoms. The number of aliphatic carboxylic acids is 1. The molecule has 0 aromatic carbocycles. The molecule has 10 heteroatoms. The summed E-state index contributed by atoms with van der Waals surface area (Å²) in [4.78, 5) is 40.9. The fraction of sp³-hybridized carbons (Fsp3) is 0.878. The summed E-state index contributed by atoms with van der Waals surface area (Å²) in [7, 11) is 3.94. The number of carbonyl (C=O) groups excluding carboxylic acids is 2. The van der Waals surface area contributed by atoms with Gasteiger partial charge in [-0.1, -0.05) is 104 Å². The lowest BCUT2D eigenvalue weighted by Crippen LogP contribution is -2.38. The number of nitrogens with two attached hydrogens (primary N) is 1. The van der Waals surface area contributed by atoms with Gasteiger partial charge in [-0.3, -0.25) is 19.3 Å². The number of hydrogen-bond donors (Lipinski definition) is 3. The average Bonchev–Trinajstić information content (AvgIpc) is 3.50. The molecule has 1 saturated heterocycles. The van der Waals surface area contributed by atoms with Crippen molar-refractivity contribution in [3.05, 3.63) is 11.9 Å². The molecule has 0 saturated carbocycles. The monoisotopic (exact) mass is 723 g/mol. The van der Waals surface area contributed by atoms with Crippen LogP contribution in [0.15, 0.2) is 11.9 Å². The molecule has 1 fully saturated rings. The van der Waals surface area contributed by atoms with E-state index in [1.54, 1.807) is 0 Å². The third kappa shape index (κ3) is 26.1. The number of nitrogens with zero attached hydrogens (tertiary/aromatic N) is 2. The molecule has 0 amide bonds. The number of ether oxygens (including phenoxy) is 2. The predicted octanol–water partition coefficient (Wildman–Crippen LogP) is 8.32. The molecule has 0 radical (unpaired) electrons. The molecule has 4 N–H and O–H groups in total.